The number of nitrogens with two attached hydrogens (primary N) is 1. The molecule has 0 bridgehead atoms. The Morgan fingerprint density at radius 3 is 2.80 bits per heavy atom. The van der Waals surface area contributed by atoms with Crippen LogP contribution in [0.5, 0.6) is 0 Å². The monoisotopic (exact) mass is 208 g/mol. The van der Waals surface area contributed by atoms with Crippen molar-refractivity contribution in [2.45, 2.75) is 32.9 Å². The van der Waals surface area contributed by atoms with E-state index in [0.717, 1.165) is 23.8 Å². The Hall–Kier alpha value is -0.800. The van der Waals surface area contributed by atoms with Crippen molar-refractivity contribution in [3.63, 3.8) is 0 Å². The number of piperidine rings is 1. The molecule has 1 saturated heterocycles. The molecule has 0 amide bonds. The third kappa shape index (κ3) is 2.83. The van der Waals surface area contributed by atoms with Crippen molar-refractivity contribution >= 4 is 0 Å². The molecule has 3 heteroatoms. The van der Waals surface area contributed by atoms with Gasteiger partial charge in [0.05, 0.1) is 12.8 Å². The third-order valence-electron chi connectivity index (χ3n) is 3.20. The summed E-state index contributed by atoms with van der Waals surface area (Å²) >= 11 is 0. The lowest BCUT2D eigenvalue weighted by Gasteiger charge is -2.29. The van der Waals surface area contributed by atoms with Gasteiger partial charge in [-0.25, -0.2) is 0 Å². The number of furan rings is 1. The summed E-state index contributed by atoms with van der Waals surface area (Å²) in [6, 6.07) is 2.07. The molecule has 1 fully saturated rings. The van der Waals surface area contributed by atoms with E-state index in [2.05, 4.69) is 17.9 Å². The van der Waals surface area contributed by atoms with Gasteiger partial charge >= 0.3 is 0 Å². The molecule has 0 atom stereocenters. The Kier molecular flexibility index (Phi) is 3.44. The number of nitrogens with zero attached hydrogens (tertiary/aromatic N) is 1. The molecular weight excluding hydrogens is 188 g/mol. The van der Waals surface area contributed by atoms with Gasteiger partial charge in [0.1, 0.15) is 5.76 Å². The molecule has 0 radical (unpaired) electrons. The number of hydrogen-bond acceptors (Lipinski definition) is 3. The molecule has 1 aromatic rings. The van der Waals surface area contributed by atoms with E-state index < -0.39 is 0 Å². The van der Waals surface area contributed by atoms with E-state index in [9.17, 15) is 0 Å². The molecule has 0 aromatic carbocycles. The Bertz CT molecular complexity index is 300. The standard InChI is InChI=1S/C12H20N2O/c1-10-2-4-14(5-3-10)8-12-6-11(7-13)9-15-12/h6,9-10H,2-5,7-8,13H2,1H3. The van der Waals surface area contributed by atoms with Crippen molar-refractivity contribution in [2.24, 2.45) is 11.7 Å². The van der Waals surface area contributed by atoms with E-state index in [1.165, 1.54) is 25.9 Å². The zero-order valence-electron chi connectivity index (χ0n) is 9.41. The first kappa shape index (κ1) is 10.7. The molecule has 0 saturated carbocycles. The largest absolute Gasteiger partial charge is 0.468 e. The quantitative estimate of drug-likeness (QED) is 0.825. The summed E-state index contributed by atoms with van der Waals surface area (Å²) in [7, 11) is 0. The van der Waals surface area contributed by atoms with Crippen molar-refractivity contribution in [1.29, 1.82) is 0 Å². The van der Waals surface area contributed by atoms with Crippen molar-refractivity contribution in [3.05, 3.63) is 23.7 Å². The lowest BCUT2D eigenvalue weighted by molar-refractivity contribution is 0.173. The van der Waals surface area contributed by atoms with E-state index in [1.54, 1.807) is 6.26 Å². The summed E-state index contributed by atoms with van der Waals surface area (Å²) in [5, 5.41) is 0. The minimum Gasteiger partial charge on any atom is -0.468 e. The van der Waals surface area contributed by atoms with Crippen LogP contribution in [-0.2, 0) is 13.1 Å². The third-order valence-corrected chi connectivity index (χ3v) is 3.20. The predicted molar refractivity (Wildman–Crippen MR) is 60.3 cm³/mol. The highest BCUT2D eigenvalue weighted by Crippen LogP contribution is 2.18. The van der Waals surface area contributed by atoms with Crippen molar-refractivity contribution in [3.8, 4) is 0 Å². The number of hydrogen-bond donors (Lipinski definition) is 1. The highest BCUT2D eigenvalue weighted by atomic mass is 16.3. The minimum atomic E-state index is 0.570. The maximum absolute atomic E-state index is 5.54. The number of likely N-dealkylation sites (tertiary alicyclic amines) is 1. The highest BCUT2D eigenvalue weighted by molar-refractivity contribution is 5.12. The molecule has 2 N–H and O–H groups in total. The Morgan fingerprint density at radius 2 is 2.20 bits per heavy atom. The van der Waals surface area contributed by atoms with Crippen LogP contribution in [0.1, 0.15) is 31.1 Å². The molecule has 0 aliphatic carbocycles. The normalized spacial score (nSPS) is 19.6. The first-order valence-corrected chi connectivity index (χ1v) is 5.76. The average Bonchev–Trinajstić information content (AvgIpc) is 2.69. The molecule has 2 rings (SSSR count). The molecule has 1 aliphatic rings. The fraction of sp³-hybridized carbons (Fsp3) is 0.667. The molecule has 1 aromatic heterocycles. The van der Waals surface area contributed by atoms with Crippen LogP contribution < -0.4 is 5.73 Å². The predicted octanol–water partition coefficient (Wildman–Crippen LogP) is 1.97. The van der Waals surface area contributed by atoms with E-state index in [1.807, 2.05) is 0 Å². The maximum Gasteiger partial charge on any atom is 0.118 e. The number of rotatable bonds is 3. The van der Waals surface area contributed by atoms with Gasteiger partial charge in [0, 0.05) is 12.1 Å². The molecule has 2 heterocycles. The molecular formula is C12H20N2O. The van der Waals surface area contributed by atoms with Gasteiger partial charge in [0.2, 0.25) is 0 Å². The van der Waals surface area contributed by atoms with Crippen LogP contribution >= 0.6 is 0 Å². The SMILES string of the molecule is CC1CCN(Cc2cc(CN)co2)CC1. The second-order valence-electron chi connectivity index (χ2n) is 4.58. The van der Waals surface area contributed by atoms with Crippen LogP contribution in [0, 0.1) is 5.92 Å². The van der Waals surface area contributed by atoms with Gasteiger partial charge in [0.15, 0.2) is 0 Å². The van der Waals surface area contributed by atoms with Gasteiger partial charge in [-0.1, -0.05) is 6.92 Å². The zero-order chi connectivity index (χ0) is 10.7. The fourth-order valence-corrected chi connectivity index (χ4v) is 2.06. The molecule has 15 heavy (non-hydrogen) atoms. The van der Waals surface area contributed by atoms with Gasteiger partial charge in [-0.2, -0.15) is 0 Å². The Balaban J connectivity index is 1.86. The molecule has 0 unspecified atom stereocenters. The maximum atomic E-state index is 5.54. The van der Waals surface area contributed by atoms with Crippen LogP contribution in [0.2, 0.25) is 0 Å². The zero-order valence-corrected chi connectivity index (χ0v) is 9.41. The van der Waals surface area contributed by atoms with Crippen LogP contribution in [0.4, 0.5) is 0 Å². The van der Waals surface area contributed by atoms with E-state index in [-0.39, 0.29) is 0 Å². The highest BCUT2D eigenvalue weighted by Gasteiger charge is 2.16. The van der Waals surface area contributed by atoms with Gasteiger partial charge < -0.3 is 10.2 Å². The minimum absolute atomic E-state index is 0.570. The summed E-state index contributed by atoms with van der Waals surface area (Å²) in [5.41, 5.74) is 6.63. The summed E-state index contributed by atoms with van der Waals surface area (Å²) in [4.78, 5) is 2.46. The smallest absolute Gasteiger partial charge is 0.118 e. The first-order chi connectivity index (χ1) is 7.28. The van der Waals surface area contributed by atoms with Crippen LogP contribution in [-0.4, -0.2) is 18.0 Å². The second-order valence-corrected chi connectivity index (χ2v) is 4.58. The lowest BCUT2D eigenvalue weighted by atomic mass is 9.99. The van der Waals surface area contributed by atoms with Crippen molar-refractivity contribution < 1.29 is 4.42 Å². The first-order valence-electron chi connectivity index (χ1n) is 5.76. The fourth-order valence-electron chi connectivity index (χ4n) is 2.06. The topological polar surface area (TPSA) is 42.4 Å². The Morgan fingerprint density at radius 1 is 1.47 bits per heavy atom. The summed E-state index contributed by atoms with van der Waals surface area (Å²) in [6.45, 7) is 6.23. The molecule has 0 spiro atoms. The van der Waals surface area contributed by atoms with E-state index in [0.29, 0.717) is 6.54 Å². The van der Waals surface area contributed by atoms with Crippen LogP contribution in [0.15, 0.2) is 16.7 Å². The molecule has 84 valence electrons. The van der Waals surface area contributed by atoms with Gasteiger partial charge in [0.25, 0.3) is 0 Å². The van der Waals surface area contributed by atoms with Crippen LogP contribution in [0.25, 0.3) is 0 Å². The van der Waals surface area contributed by atoms with Gasteiger partial charge in [-0.15, -0.1) is 0 Å². The van der Waals surface area contributed by atoms with Crippen molar-refractivity contribution in [2.75, 3.05) is 13.1 Å². The summed E-state index contributed by atoms with van der Waals surface area (Å²) in [5.74, 6) is 1.93. The van der Waals surface area contributed by atoms with Crippen LogP contribution in [0.3, 0.4) is 0 Å². The molecule has 1 aliphatic heterocycles. The second kappa shape index (κ2) is 4.81. The average molecular weight is 208 g/mol. The van der Waals surface area contributed by atoms with Gasteiger partial charge in [-0.3, -0.25) is 4.90 Å². The lowest BCUT2D eigenvalue weighted by Crippen LogP contribution is -2.32. The summed E-state index contributed by atoms with van der Waals surface area (Å²) < 4.78 is 5.46. The molecule has 3 nitrogen and oxygen atoms in total. The Labute approximate surface area is 91.2 Å². The van der Waals surface area contributed by atoms with E-state index in [4.69, 9.17) is 10.2 Å². The van der Waals surface area contributed by atoms with Gasteiger partial charge in [-0.05, 0) is 37.9 Å². The summed E-state index contributed by atoms with van der Waals surface area (Å²) in [6.07, 6.45) is 4.39. The van der Waals surface area contributed by atoms with Crippen molar-refractivity contribution in [1.82, 2.24) is 4.90 Å². The van der Waals surface area contributed by atoms with E-state index >= 15 is 0 Å².